The van der Waals surface area contributed by atoms with Gasteiger partial charge >= 0.3 is 17.9 Å². The molecule has 1 N–H and O–H groups in total. The molecule has 0 aromatic heterocycles. The second kappa shape index (κ2) is 15.1. The van der Waals surface area contributed by atoms with E-state index in [1.165, 1.54) is 57.3 Å². The second-order valence-electron chi connectivity index (χ2n) is 19.1. The quantitative estimate of drug-likeness (QED) is 0.138. The summed E-state index contributed by atoms with van der Waals surface area (Å²) in [7, 11) is 4.08. The maximum absolute atomic E-state index is 14.6. The van der Waals surface area contributed by atoms with Gasteiger partial charge in [-0.05, 0) is 139 Å². The highest BCUT2D eigenvalue weighted by atomic mass is 16.5. The zero-order chi connectivity index (χ0) is 40.1. The summed E-state index contributed by atoms with van der Waals surface area (Å²) in [5.41, 5.74) is 4.24. The molecule has 9 atom stereocenters. The van der Waals surface area contributed by atoms with Gasteiger partial charge in [-0.15, -0.1) is 0 Å². The molecule has 9 nitrogen and oxygen atoms in total. The van der Waals surface area contributed by atoms with Gasteiger partial charge < -0.3 is 19.5 Å². The Balaban J connectivity index is 1.25. The number of allylic oxidation sites excluding steroid dienone is 3. The third-order valence-electron chi connectivity index (χ3n) is 16.6. The fourth-order valence-corrected chi connectivity index (χ4v) is 13.7. The van der Waals surface area contributed by atoms with Crippen LogP contribution in [0.25, 0.3) is 5.57 Å². The van der Waals surface area contributed by atoms with Gasteiger partial charge in [-0.25, -0.2) is 4.79 Å². The first-order valence-electron chi connectivity index (χ1n) is 20.6. The van der Waals surface area contributed by atoms with E-state index in [1.54, 1.807) is 4.90 Å². The normalized spacial score (nSPS) is 35.9. The molecule has 0 radical (unpaired) electrons. The van der Waals surface area contributed by atoms with Crippen LogP contribution in [0, 0.1) is 56.7 Å². The van der Waals surface area contributed by atoms with Gasteiger partial charge in [0.25, 0.3) is 0 Å². The summed E-state index contributed by atoms with van der Waals surface area (Å²) < 4.78 is 14.7. The third-order valence-corrected chi connectivity index (χ3v) is 16.6. The summed E-state index contributed by atoms with van der Waals surface area (Å²) in [5, 5.41) is 3.30. The number of amides is 1. The van der Waals surface area contributed by atoms with Gasteiger partial charge in [0.05, 0.1) is 45.4 Å². The first-order valence-corrected chi connectivity index (χ1v) is 20.6. The van der Waals surface area contributed by atoms with Crippen LogP contribution in [-0.4, -0.2) is 76.2 Å². The Bertz CT molecular complexity index is 1700. The van der Waals surface area contributed by atoms with Crippen molar-refractivity contribution in [1.29, 1.82) is 0 Å². The van der Waals surface area contributed by atoms with Crippen LogP contribution in [0.4, 0.5) is 0 Å². The molecule has 302 valence electrons. The predicted molar refractivity (Wildman–Crippen MR) is 214 cm³/mol. The largest absolute Gasteiger partial charge is 0.468 e. The van der Waals surface area contributed by atoms with Crippen LogP contribution < -0.4 is 5.32 Å². The SMILES string of the molecule is C=C(C)[C@@H]1CC[C@]2(C(=O)NCCN(CC(=O)OC)CC(=O)OC)CC[C@]3(C)[C@H](CC[C@@H]4[C@@]5(C)CC=C(c6ccc(C(=O)OC)cc6)C(C)(C)[C@@H]5CC[C@]43C)[C@@H]12. The predicted octanol–water partition coefficient (Wildman–Crippen LogP) is 7.89. The van der Waals surface area contributed by atoms with Crippen LogP contribution in [0.15, 0.2) is 42.5 Å². The number of methoxy groups -OCH3 is 3. The Kier molecular flexibility index (Phi) is 11.3. The lowest BCUT2D eigenvalue weighted by molar-refractivity contribution is -0.225. The molecular weight excluding hydrogens is 693 g/mol. The van der Waals surface area contributed by atoms with Crippen molar-refractivity contribution in [3.05, 3.63) is 53.6 Å². The number of fused-ring (bicyclic) bond motifs is 7. The van der Waals surface area contributed by atoms with Gasteiger partial charge in [0, 0.05) is 13.1 Å². The molecule has 0 spiro atoms. The van der Waals surface area contributed by atoms with E-state index in [2.05, 4.69) is 71.6 Å². The lowest BCUT2D eigenvalue weighted by atomic mass is 9.32. The van der Waals surface area contributed by atoms with E-state index in [9.17, 15) is 19.2 Å². The molecule has 5 aliphatic carbocycles. The minimum atomic E-state index is -0.457. The number of benzene rings is 1. The molecular formula is C46H66N2O7. The monoisotopic (exact) mass is 758 g/mol. The number of ether oxygens (including phenoxy) is 3. The topological polar surface area (TPSA) is 111 Å². The average molecular weight is 759 g/mol. The molecule has 4 fully saturated rings. The number of hydrogen-bond donors (Lipinski definition) is 1. The highest BCUT2D eigenvalue weighted by Gasteiger charge is 2.71. The molecule has 1 amide bonds. The van der Waals surface area contributed by atoms with Crippen molar-refractivity contribution in [3.8, 4) is 0 Å². The van der Waals surface area contributed by atoms with Crippen LogP contribution >= 0.6 is 0 Å². The van der Waals surface area contributed by atoms with Gasteiger partial charge in [-0.3, -0.25) is 19.3 Å². The first-order chi connectivity index (χ1) is 25.9. The fourth-order valence-electron chi connectivity index (χ4n) is 13.7. The van der Waals surface area contributed by atoms with Crippen molar-refractivity contribution >= 4 is 29.4 Å². The van der Waals surface area contributed by atoms with Gasteiger partial charge in [0.2, 0.25) is 5.91 Å². The minimum absolute atomic E-state index is 0.0293. The van der Waals surface area contributed by atoms with Crippen LogP contribution in [0.1, 0.15) is 115 Å². The smallest absolute Gasteiger partial charge is 0.337 e. The lowest BCUT2D eigenvalue weighted by Gasteiger charge is -2.72. The van der Waals surface area contributed by atoms with E-state index in [4.69, 9.17) is 14.2 Å². The Hall–Kier alpha value is -3.46. The van der Waals surface area contributed by atoms with E-state index in [0.29, 0.717) is 42.3 Å². The summed E-state index contributed by atoms with van der Waals surface area (Å²) in [4.78, 5) is 52.6. The van der Waals surface area contributed by atoms with E-state index in [1.807, 2.05) is 12.1 Å². The summed E-state index contributed by atoms with van der Waals surface area (Å²) in [6.45, 7) is 19.9. The van der Waals surface area contributed by atoms with Crippen molar-refractivity contribution in [3.63, 3.8) is 0 Å². The van der Waals surface area contributed by atoms with Gasteiger partial charge in [0.1, 0.15) is 0 Å². The number of nitrogens with zero attached hydrogens (tertiary/aromatic N) is 1. The van der Waals surface area contributed by atoms with Crippen molar-refractivity contribution in [2.45, 2.75) is 99.3 Å². The number of hydrogen-bond acceptors (Lipinski definition) is 8. The molecule has 0 unspecified atom stereocenters. The molecule has 0 heterocycles. The fraction of sp³-hybridized carbons (Fsp3) is 0.696. The van der Waals surface area contributed by atoms with Crippen LogP contribution in [0.3, 0.4) is 0 Å². The number of carbonyl (C=O) groups excluding carboxylic acids is 4. The molecule has 5 aliphatic rings. The zero-order valence-electron chi connectivity index (χ0n) is 35.0. The molecule has 55 heavy (non-hydrogen) atoms. The zero-order valence-corrected chi connectivity index (χ0v) is 35.0. The summed E-state index contributed by atoms with van der Waals surface area (Å²) in [6, 6.07) is 7.96. The third kappa shape index (κ3) is 6.68. The standard InChI is InChI=1S/C46H66N2O7/c1-29(2)32-17-22-46(41(52)47-25-26-48(27-37(49)53-8)28-38(50)54-9)24-23-44(6)34(39(32)46)15-16-36-43(5)20-18-33(30-11-13-31(14-12-30)40(51)55-10)42(3,4)35(43)19-21-45(36,44)7/h11-14,18,32,34-36,39H,1,15-17,19-28H2,2-10H3,(H,47,52)/t32-,34+,35-,36+,39+,43-,44+,45+,46-/m0/s1. The highest BCUT2D eigenvalue weighted by Crippen LogP contribution is 2.77. The molecule has 4 saturated carbocycles. The van der Waals surface area contributed by atoms with Crippen molar-refractivity contribution in [2.24, 2.45) is 56.7 Å². The van der Waals surface area contributed by atoms with Crippen LogP contribution in [0.2, 0.25) is 0 Å². The second-order valence-corrected chi connectivity index (χ2v) is 19.1. The lowest BCUT2D eigenvalue weighted by Crippen LogP contribution is -2.66. The number of esters is 3. The summed E-state index contributed by atoms with van der Waals surface area (Å²) in [6.07, 6.45) is 12.0. The maximum atomic E-state index is 14.6. The van der Waals surface area contributed by atoms with E-state index in [0.717, 1.165) is 38.5 Å². The minimum Gasteiger partial charge on any atom is -0.468 e. The molecule has 0 saturated heterocycles. The van der Waals surface area contributed by atoms with Gasteiger partial charge in [0.15, 0.2) is 0 Å². The Morgan fingerprint density at radius 3 is 2.05 bits per heavy atom. The first kappa shape index (κ1) is 41.2. The highest BCUT2D eigenvalue weighted by molar-refractivity contribution is 5.90. The van der Waals surface area contributed by atoms with E-state index < -0.39 is 17.4 Å². The van der Waals surface area contributed by atoms with Crippen molar-refractivity contribution in [1.82, 2.24) is 10.2 Å². The molecule has 1 aromatic rings. The van der Waals surface area contributed by atoms with Crippen molar-refractivity contribution < 1.29 is 33.4 Å². The molecule has 0 aliphatic heterocycles. The van der Waals surface area contributed by atoms with Gasteiger partial charge in [-0.2, -0.15) is 0 Å². The number of rotatable bonds is 11. The average Bonchev–Trinajstić information content (AvgIpc) is 3.56. The molecule has 1 aromatic carbocycles. The summed E-state index contributed by atoms with van der Waals surface area (Å²) >= 11 is 0. The molecule has 0 bridgehead atoms. The van der Waals surface area contributed by atoms with Crippen LogP contribution in [0.5, 0.6) is 0 Å². The Morgan fingerprint density at radius 2 is 1.45 bits per heavy atom. The van der Waals surface area contributed by atoms with Crippen molar-refractivity contribution in [2.75, 3.05) is 47.5 Å². The maximum Gasteiger partial charge on any atom is 0.337 e. The molecule has 9 heteroatoms. The van der Waals surface area contributed by atoms with Crippen LogP contribution in [-0.2, 0) is 28.6 Å². The number of carbonyl (C=O) groups is 4. The van der Waals surface area contributed by atoms with E-state index in [-0.39, 0.29) is 52.5 Å². The number of nitrogens with one attached hydrogen (secondary N) is 1. The Labute approximate surface area is 329 Å². The van der Waals surface area contributed by atoms with Gasteiger partial charge in [-0.1, -0.05) is 65.0 Å². The summed E-state index contributed by atoms with van der Waals surface area (Å²) in [5.74, 6) is 0.992. The Morgan fingerprint density at radius 1 is 0.800 bits per heavy atom. The van der Waals surface area contributed by atoms with E-state index >= 15 is 0 Å². The molecule has 6 rings (SSSR count).